The van der Waals surface area contributed by atoms with Crippen LogP contribution < -0.4 is 4.72 Å². The van der Waals surface area contributed by atoms with Crippen LogP contribution in [0.2, 0.25) is 0 Å². The fourth-order valence-electron chi connectivity index (χ4n) is 4.20. The van der Waals surface area contributed by atoms with Gasteiger partial charge in [-0.25, -0.2) is 4.21 Å². The Morgan fingerprint density at radius 3 is 3.00 bits per heavy atom. The number of hydrogen-bond acceptors (Lipinski definition) is 1. The third-order valence-corrected chi connectivity index (χ3v) is 6.46. The first-order valence-electron chi connectivity index (χ1n) is 6.52. The molecule has 1 N–H and O–H groups in total. The summed E-state index contributed by atoms with van der Waals surface area (Å²) < 4.78 is 15.5. The molecule has 0 radical (unpaired) electrons. The summed E-state index contributed by atoms with van der Waals surface area (Å²) in [5.74, 6) is 2.05. The van der Waals surface area contributed by atoms with Crippen LogP contribution >= 0.6 is 0 Å². The van der Waals surface area contributed by atoms with Crippen molar-refractivity contribution in [2.24, 2.45) is 11.8 Å². The van der Waals surface area contributed by atoms with E-state index in [9.17, 15) is 4.21 Å². The average molecular weight is 247 g/mol. The van der Waals surface area contributed by atoms with Crippen LogP contribution in [0, 0.1) is 18.8 Å². The molecule has 0 aromatic heterocycles. The highest BCUT2D eigenvalue weighted by Gasteiger charge is 2.53. The Hall–Kier alpha value is -0.830. The van der Waals surface area contributed by atoms with E-state index in [2.05, 4.69) is 29.8 Å². The third-order valence-electron chi connectivity index (χ3n) is 4.86. The van der Waals surface area contributed by atoms with Gasteiger partial charge in [0.1, 0.15) is 11.0 Å². The summed E-state index contributed by atoms with van der Waals surface area (Å²) in [7, 11) is -0.863. The van der Waals surface area contributed by atoms with Crippen molar-refractivity contribution in [1.82, 2.24) is 0 Å². The molecule has 2 fully saturated rings. The van der Waals surface area contributed by atoms with E-state index in [0.29, 0.717) is 17.1 Å². The van der Waals surface area contributed by atoms with Crippen molar-refractivity contribution >= 4 is 16.7 Å². The summed E-state index contributed by atoms with van der Waals surface area (Å²) in [5.41, 5.74) is 3.87. The van der Waals surface area contributed by atoms with Crippen molar-refractivity contribution in [1.29, 1.82) is 0 Å². The van der Waals surface area contributed by atoms with Gasteiger partial charge in [-0.3, -0.25) is 0 Å². The number of rotatable bonds is 0. The Morgan fingerprint density at radius 2 is 2.12 bits per heavy atom. The van der Waals surface area contributed by atoms with E-state index in [1.54, 1.807) is 0 Å². The van der Waals surface area contributed by atoms with E-state index < -0.39 is 11.0 Å². The quantitative estimate of drug-likeness (QED) is 0.750. The van der Waals surface area contributed by atoms with Gasteiger partial charge in [-0.15, -0.1) is 0 Å². The first-order valence-corrected chi connectivity index (χ1v) is 7.73. The lowest BCUT2D eigenvalue weighted by Gasteiger charge is -2.36. The van der Waals surface area contributed by atoms with Crippen molar-refractivity contribution in [3.05, 3.63) is 29.3 Å². The second-order valence-corrected chi connectivity index (χ2v) is 7.16. The van der Waals surface area contributed by atoms with Gasteiger partial charge in [0, 0.05) is 11.6 Å². The highest BCUT2D eigenvalue weighted by atomic mass is 32.2. The van der Waals surface area contributed by atoms with Crippen molar-refractivity contribution in [3.8, 4) is 0 Å². The molecule has 1 aromatic carbocycles. The van der Waals surface area contributed by atoms with Gasteiger partial charge < -0.3 is 4.72 Å². The van der Waals surface area contributed by atoms with Crippen LogP contribution in [0.3, 0.4) is 0 Å². The summed E-state index contributed by atoms with van der Waals surface area (Å²) in [5, 5.41) is 0.378. The summed E-state index contributed by atoms with van der Waals surface area (Å²) in [6.45, 7) is 2.15. The molecule has 2 saturated carbocycles. The van der Waals surface area contributed by atoms with Gasteiger partial charge in [0.05, 0.1) is 5.25 Å². The molecule has 17 heavy (non-hydrogen) atoms. The molecule has 1 aromatic rings. The van der Waals surface area contributed by atoms with E-state index in [4.69, 9.17) is 0 Å². The molecular formula is C14H17NOS. The maximum Gasteiger partial charge on any atom is 0.121 e. The third kappa shape index (κ3) is 1.29. The van der Waals surface area contributed by atoms with Gasteiger partial charge in [-0.1, -0.05) is 17.7 Å². The molecule has 2 nitrogen and oxygen atoms in total. The van der Waals surface area contributed by atoms with Crippen LogP contribution in [0.5, 0.6) is 0 Å². The highest BCUT2D eigenvalue weighted by Crippen LogP contribution is 2.57. The second-order valence-electron chi connectivity index (χ2n) is 5.81. The van der Waals surface area contributed by atoms with Crippen LogP contribution in [0.1, 0.15) is 36.3 Å². The summed E-state index contributed by atoms with van der Waals surface area (Å²) in [4.78, 5) is 0. The average Bonchev–Trinajstić information content (AvgIpc) is 2.91. The van der Waals surface area contributed by atoms with E-state index in [1.165, 1.54) is 30.4 Å². The van der Waals surface area contributed by atoms with Gasteiger partial charge in [-0.2, -0.15) is 0 Å². The molecule has 2 bridgehead atoms. The van der Waals surface area contributed by atoms with Crippen molar-refractivity contribution in [3.63, 3.8) is 0 Å². The largest absolute Gasteiger partial charge is 0.305 e. The lowest BCUT2D eigenvalue weighted by molar-refractivity contribution is 0.422. The normalized spacial score (nSPS) is 41.8. The minimum atomic E-state index is -0.863. The number of nitrogens with one attached hydrogen (secondary N) is 1. The van der Waals surface area contributed by atoms with Crippen molar-refractivity contribution in [2.75, 3.05) is 4.72 Å². The Labute approximate surface area is 104 Å². The molecule has 0 saturated heterocycles. The SMILES string of the molecule is Cc1ccc2c(c1)[C@@H]1[C@H]3CC[C@@H](C3)[C@H]1[S@@](=O)N2. The predicted octanol–water partition coefficient (Wildman–Crippen LogP) is 2.97. The predicted molar refractivity (Wildman–Crippen MR) is 70.3 cm³/mol. The zero-order valence-corrected chi connectivity index (χ0v) is 10.8. The molecule has 0 spiro atoms. The highest BCUT2D eigenvalue weighted by molar-refractivity contribution is 7.87. The minimum Gasteiger partial charge on any atom is -0.305 e. The molecule has 0 unspecified atom stereocenters. The lowest BCUT2D eigenvalue weighted by Crippen LogP contribution is -2.37. The Morgan fingerprint density at radius 1 is 1.29 bits per heavy atom. The van der Waals surface area contributed by atoms with Crippen molar-refractivity contribution < 1.29 is 4.21 Å². The van der Waals surface area contributed by atoms with Gasteiger partial charge >= 0.3 is 0 Å². The zero-order chi connectivity index (χ0) is 11.6. The van der Waals surface area contributed by atoms with Gasteiger partial charge in [-0.05, 0) is 49.7 Å². The van der Waals surface area contributed by atoms with E-state index in [0.717, 1.165) is 11.6 Å². The topological polar surface area (TPSA) is 29.1 Å². The first-order chi connectivity index (χ1) is 8.24. The van der Waals surface area contributed by atoms with Gasteiger partial charge in [0.2, 0.25) is 0 Å². The maximum atomic E-state index is 12.3. The Kier molecular flexibility index (Phi) is 1.99. The van der Waals surface area contributed by atoms with Gasteiger partial charge in [0.15, 0.2) is 0 Å². The second kappa shape index (κ2) is 3.35. The Balaban J connectivity index is 1.88. The maximum absolute atomic E-state index is 12.3. The number of fused-ring (bicyclic) bond motifs is 7. The minimum absolute atomic E-state index is 0.378. The van der Waals surface area contributed by atoms with Crippen molar-refractivity contribution in [2.45, 2.75) is 37.4 Å². The van der Waals surface area contributed by atoms with Crippen LogP contribution in [0.4, 0.5) is 5.69 Å². The molecule has 3 heteroatoms. The molecule has 0 amide bonds. The van der Waals surface area contributed by atoms with Crippen LogP contribution in [-0.2, 0) is 11.0 Å². The number of anilines is 1. The van der Waals surface area contributed by atoms with Crippen LogP contribution in [-0.4, -0.2) is 9.46 Å². The van der Waals surface area contributed by atoms with Crippen LogP contribution in [0.15, 0.2) is 18.2 Å². The smallest absolute Gasteiger partial charge is 0.121 e. The molecule has 5 atom stereocenters. The molecule has 2 aliphatic carbocycles. The number of benzene rings is 1. The molecule has 90 valence electrons. The van der Waals surface area contributed by atoms with E-state index >= 15 is 0 Å². The molecular weight excluding hydrogens is 230 g/mol. The summed E-state index contributed by atoms with van der Waals surface area (Å²) >= 11 is 0. The van der Waals surface area contributed by atoms with Crippen LogP contribution in [0.25, 0.3) is 0 Å². The number of hydrogen-bond donors (Lipinski definition) is 1. The number of aryl methyl sites for hydroxylation is 1. The van der Waals surface area contributed by atoms with Gasteiger partial charge in [0.25, 0.3) is 0 Å². The first kappa shape index (κ1) is 10.1. The van der Waals surface area contributed by atoms with E-state index in [1.807, 2.05) is 0 Å². The summed E-state index contributed by atoms with van der Waals surface area (Å²) in [6, 6.07) is 6.51. The molecule has 1 heterocycles. The monoisotopic (exact) mass is 247 g/mol. The fourth-order valence-corrected chi connectivity index (χ4v) is 5.98. The Bertz CT molecular complexity index is 513. The fraction of sp³-hybridized carbons (Fsp3) is 0.571. The standard InChI is InChI=1S/C14H17NOS/c1-8-2-5-12-11(6-8)13-9-3-4-10(7-9)14(13)17(16)15-12/h2,5-6,9-10,13-15H,3-4,7H2,1H3/t9-,10-,13-,14+,17+/m0/s1. The lowest BCUT2D eigenvalue weighted by atomic mass is 9.81. The zero-order valence-electron chi connectivity index (χ0n) is 9.98. The van der Waals surface area contributed by atoms with E-state index in [-0.39, 0.29) is 0 Å². The molecule has 1 aliphatic heterocycles. The molecule has 4 rings (SSSR count). The molecule has 3 aliphatic rings. The summed E-state index contributed by atoms with van der Waals surface area (Å²) in [6.07, 6.45) is 3.94.